The average molecular weight is 438 g/mol. The quantitative estimate of drug-likeness (QED) is 0.490. The fraction of sp³-hybridized carbons (Fsp3) is 0.571. The number of benzene rings is 1. The van der Waals surface area contributed by atoms with Crippen LogP contribution < -0.4 is 10.0 Å². The molecule has 3 N–H and O–H groups in total. The molecule has 0 bridgehead atoms. The van der Waals surface area contributed by atoms with Crippen molar-refractivity contribution in [3.05, 3.63) is 42.5 Å². The second-order valence-electron chi connectivity index (χ2n) is 7.70. The summed E-state index contributed by atoms with van der Waals surface area (Å²) < 4.78 is 33.4. The zero-order chi connectivity index (χ0) is 21.4. The predicted octanol–water partition coefficient (Wildman–Crippen LogP) is 0.642. The molecule has 2 heterocycles. The van der Waals surface area contributed by atoms with Crippen LogP contribution in [0.4, 0.5) is 0 Å². The molecule has 2 aliphatic heterocycles. The van der Waals surface area contributed by atoms with Gasteiger partial charge in [-0.1, -0.05) is 36.8 Å². The van der Waals surface area contributed by atoms with Gasteiger partial charge in [0.05, 0.1) is 30.1 Å². The van der Waals surface area contributed by atoms with Gasteiger partial charge in [-0.15, -0.1) is 0 Å². The Hall–Kier alpha value is -1.78. The van der Waals surface area contributed by atoms with Crippen molar-refractivity contribution in [3.63, 3.8) is 0 Å². The maximum atomic E-state index is 12.5. The molecule has 8 nitrogen and oxygen atoms in total. The minimum absolute atomic E-state index is 0.123. The van der Waals surface area contributed by atoms with Crippen molar-refractivity contribution in [2.24, 2.45) is 0 Å². The third-order valence-corrected chi connectivity index (χ3v) is 6.87. The topological polar surface area (TPSA) is 108 Å². The molecule has 0 unspecified atom stereocenters. The molecule has 1 saturated heterocycles. The van der Waals surface area contributed by atoms with Crippen LogP contribution in [-0.4, -0.2) is 75.4 Å². The molecule has 2 aliphatic rings. The van der Waals surface area contributed by atoms with Crippen molar-refractivity contribution in [2.45, 2.75) is 48.8 Å². The largest absolute Gasteiger partial charge is 0.394 e. The summed E-state index contributed by atoms with van der Waals surface area (Å²) in [5, 5.41) is 12.6. The molecule has 1 amide bonds. The van der Waals surface area contributed by atoms with E-state index in [-0.39, 0.29) is 23.8 Å². The molecular formula is C21H31N3O5S. The third-order valence-electron chi connectivity index (χ3n) is 5.39. The molecule has 9 heteroatoms. The maximum absolute atomic E-state index is 12.5. The number of ether oxygens (including phenoxy) is 1. The van der Waals surface area contributed by atoms with Crippen LogP contribution in [-0.2, 0) is 19.6 Å². The molecule has 0 aromatic heterocycles. The van der Waals surface area contributed by atoms with Gasteiger partial charge in [0.1, 0.15) is 6.10 Å². The van der Waals surface area contributed by atoms with Gasteiger partial charge in [-0.25, -0.2) is 13.1 Å². The van der Waals surface area contributed by atoms with Crippen LogP contribution in [0.5, 0.6) is 0 Å². The smallest absolute Gasteiger partial charge is 0.241 e. The second kappa shape index (κ2) is 11.0. The van der Waals surface area contributed by atoms with Gasteiger partial charge in [-0.3, -0.25) is 4.79 Å². The predicted molar refractivity (Wildman–Crippen MR) is 113 cm³/mol. The molecule has 0 radical (unpaired) electrons. The Bertz CT molecular complexity index is 809. The molecule has 1 aromatic rings. The van der Waals surface area contributed by atoms with Gasteiger partial charge >= 0.3 is 0 Å². The minimum atomic E-state index is -3.74. The highest BCUT2D eigenvalue weighted by atomic mass is 32.2. The number of hydrogen-bond donors (Lipinski definition) is 3. The summed E-state index contributed by atoms with van der Waals surface area (Å²) in [5.41, 5.74) is 0. The summed E-state index contributed by atoms with van der Waals surface area (Å²) in [6.07, 6.45) is 5.90. The SMILES string of the molecule is O=C(C[C@H]1C=C[C@H](NS(=O)(=O)c2ccccc2)[C@H](CO)O1)NCCN1CCCCC1. The molecule has 0 aliphatic carbocycles. The van der Waals surface area contributed by atoms with Crippen LogP contribution in [0.2, 0.25) is 0 Å². The third kappa shape index (κ3) is 6.61. The molecular weight excluding hydrogens is 406 g/mol. The molecule has 3 rings (SSSR count). The number of carbonyl (C=O) groups excluding carboxylic acids is 1. The number of likely N-dealkylation sites (tertiary alicyclic amines) is 1. The standard InChI is InChI=1S/C21H31N3O5S/c25-16-20-19(23-30(27,28)18-7-3-1-4-8-18)10-9-17(29-20)15-21(26)22-11-14-24-12-5-2-6-13-24/h1,3-4,7-10,17,19-20,23,25H,2,5-6,11-16H2,(H,22,26)/t17-,19+,20+/m1/s1. The van der Waals surface area contributed by atoms with E-state index in [0.29, 0.717) is 6.54 Å². The van der Waals surface area contributed by atoms with E-state index in [9.17, 15) is 18.3 Å². The van der Waals surface area contributed by atoms with E-state index in [0.717, 1.165) is 19.6 Å². The van der Waals surface area contributed by atoms with Crippen molar-refractivity contribution < 1.29 is 23.1 Å². The fourth-order valence-corrected chi connectivity index (χ4v) is 4.99. The van der Waals surface area contributed by atoms with Gasteiger partial charge in [0.25, 0.3) is 0 Å². The first-order valence-corrected chi connectivity index (χ1v) is 12.0. The van der Waals surface area contributed by atoms with E-state index in [2.05, 4.69) is 14.9 Å². The fourth-order valence-electron chi connectivity index (χ4n) is 3.75. The number of carbonyl (C=O) groups is 1. The van der Waals surface area contributed by atoms with Gasteiger partial charge in [-0.05, 0) is 38.1 Å². The van der Waals surface area contributed by atoms with Crippen LogP contribution in [0.25, 0.3) is 0 Å². The van der Waals surface area contributed by atoms with Gasteiger partial charge in [0, 0.05) is 13.1 Å². The molecule has 166 valence electrons. The lowest BCUT2D eigenvalue weighted by atomic mass is 10.1. The van der Waals surface area contributed by atoms with Crippen molar-refractivity contribution >= 4 is 15.9 Å². The first-order valence-electron chi connectivity index (χ1n) is 10.5. The first-order chi connectivity index (χ1) is 14.5. The number of aliphatic hydroxyl groups excluding tert-OH is 1. The van der Waals surface area contributed by atoms with Crippen LogP contribution >= 0.6 is 0 Å². The number of piperidine rings is 1. The van der Waals surface area contributed by atoms with Gasteiger partial charge in [-0.2, -0.15) is 0 Å². The second-order valence-corrected chi connectivity index (χ2v) is 9.41. The lowest BCUT2D eigenvalue weighted by Gasteiger charge is -2.31. The Morgan fingerprint density at radius 1 is 1.13 bits per heavy atom. The van der Waals surface area contributed by atoms with E-state index in [1.54, 1.807) is 30.4 Å². The van der Waals surface area contributed by atoms with E-state index < -0.39 is 28.3 Å². The number of aliphatic hydroxyl groups is 1. The number of nitrogens with zero attached hydrogens (tertiary/aromatic N) is 1. The van der Waals surface area contributed by atoms with Gasteiger partial charge in [0.2, 0.25) is 15.9 Å². The monoisotopic (exact) mass is 437 g/mol. The summed E-state index contributed by atoms with van der Waals surface area (Å²) in [5.74, 6) is -0.123. The van der Waals surface area contributed by atoms with E-state index in [4.69, 9.17) is 4.74 Å². The van der Waals surface area contributed by atoms with E-state index >= 15 is 0 Å². The molecule has 3 atom stereocenters. The number of hydrogen-bond acceptors (Lipinski definition) is 6. The van der Waals surface area contributed by atoms with Crippen molar-refractivity contribution in [1.82, 2.24) is 14.9 Å². The Balaban J connectivity index is 1.48. The molecule has 0 saturated carbocycles. The molecule has 1 aromatic carbocycles. The Morgan fingerprint density at radius 2 is 1.87 bits per heavy atom. The lowest BCUT2D eigenvalue weighted by molar-refractivity contribution is -0.125. The Morgan fingerprint density at radius 3 is 2.57 bits per heavy atom. The summed E-state index contributed by atoms with van der Waals surface area (Å²) in [6.45, 7) is 3.25. The van der Waals surface area contributed by atoms with E-state index in [1.165, 1.54) is 31.4 Å². The highest BCUT2D eigenvalue weighted by Gasteiger charge is 2.31. The van der Waals surface area contributed by atoms with E-state index in [1.807, 2.05) is 0 Å². The minimum Gasteiger partial charge on any atom is -0.394 e. The van der Waals surface area contributed by atoms with Crippen LogP contribution in [0, 0.1) is 0 Å². The van der Waals surface area contributed by atoms with Crippen molar-refractivity contribution in [3.8, 4) is 0 Å². The van der Waals surface area contributed by atoms with Crippen LogP contribution in [0.3, 0.4) is 0 Å². The number of rotatable bonds is 9. The van der Waals surface area contributed by atoms with Crippen LogP contribution in [0.15, 0.2) is 47.4 Å². The number of amides is 1. The Kier molecular flexibility index (Phi) is 8.41. The zero-order valence-corrected chi connectivity index (χ0v) is 17.9. The molecule has 1 fully saturated rings. The summed E-state index contributed by atoms with van der Waals surface area (Å²) in [4.78, 5) is 14.7. The van der Waals surface area contributed by atoms with Gasteiger partial charge in [0.15, 0.2) is 0 Å². The zero-order valence-electron chi connectivity index (χ0n) is 17.1. The van der Waals surface area contributed by atoms with Crippen molar-refractivity contribution in [1.29, 1.82) is 0 Å². The number of nitrogens with one attached hydrogen (secondary N) is 2. The van der Waals surface area contributed by atoms with Crippen molar-refractivity contribution in [2.75, 3.05) is 32.8 Å². The van der Waals surface area contributed by atoms with Gasteiger partial charge < -0.3 is 20.1 Å². The Labute approximate surface area is 178 Å². The summed E-state index contributed by atoms with van der Waals surface area (Å²) in [7, 11) is -3.74. The highest BCUT2D eigenvalue weighted by Crippen LogP contribution is 2.18. The molecule has 0 spiro atoms. The summed E-state index contributed by atoms with van der Waals surface area (Å²) >= 11 is 0. The maximum Gasteiger partial charge on any atom is 0.241 e. The lowest BCUT2D eigenvalue weighted by Crippen LogP contribution is -2.49. The van der Waals surface area contributed by atoms with Crippen LogP contribution in [0.1, 0.15) is 25.7 Å². The number of sulfonamides is 1. The molecule has 30 heavy (non-hydrogen) atoms. The first kappa shape index (κ1) is 22.9. The highest BCUT2D eigenvalue weighted by molar-refractivity contribution is 7.89. The normalized spacial score (nSPS) is 25.2. The summed E-state index contributed by atoms with van der Waals surface area (Å²) in [6, 6.07) is 7.32. The average Bonchev–Trinajstić information content (AvgIpc) is 2.76.